The molecule has 1 heterocycles. The van der Waals surface area contributed by atoms with Gasteiger partial charge in [-0.15, -0.1) is 6.42 Å². The van der Waals surface area contributed by atoms with E-state index < -0.39 is 7.12 Å². The fourth-order valence-electron chi connectivity index (χ4n) is 1.88. The minimum absolute atomic E-state index is 0.0491. The number of rotatable bonds is 2. The molecule has 0 atom stereocenters. The molecular formula is C14H17BO3. The summed E-state index contributed by atoms with van der Waals surface area (Å²) in [6.07, 6.45) is 5.41. The van der Waals surface area contributed by atoms with Gasteiger partial charge >= 0.3 is 7.12 Å². The van der Waals surface area contributed by atoms with E-state index in [4.69, 9.17) is 20.5 Å². The van der Waals surface area contributed by atoms with Gasteiger partial charge in [0.25, 0.3) is 0 Å². The summed E-state index contributed by atoms with van der Waals surface area (Å²) in [6, 6.07) is 5.56. The van der Waals surface area contributed by atoms with Crippen LogP contribution in [0.15, 0.2) is 18.2 Å². The molecular weight excluding hydrogens is 227 g/mol. The summed E-state index contributed by atoms with van der Waals surface area (Å²) in [7, 11) is 1.22. The van der Waals surface area contributed by atoms with Gasteiger partial charge in [0.15, 0.2) is 0 Å². The zero-order valence-corrected chi connectivity index (χ0v) is 11.0. The van der Waals surface area contributed by atoms with Crippen LogP contribution in [0.1, 0.15) is 19.4 Å². The van der Waals surface area contributed by atoms with Gasteiger partial charge in [-0.3, -0.25) is 0 Å². The summed E-state index contributed by atoms with van der Waals surface area (Å²) >= 11 is 0. The highest BCUT2D eigenvalue weighted by atomic mass is 16.6. The zero-order valence-electron chi connectivity index (χ0n) is 11.0. The van der Waals surface area contributed by atoms with E-state index >= 15 is 0 Å². The largest absolute Gasteiger partial charge is 0.497 e. The van der Waals surface area contributed by atoms with Crippen molar-refractivity contribution in [2.75, 3.05) is 20.3 Å². The molecule has 0 aromatic heterocycles. The molecule has 0 amide bonds. The Balaban J connectivity index is 2.25. The summed E-state index contributed by atoms with van der Waals surface area (Å²) in [5.41, 5.74) is 1.69. The van der Waals surface area contributed by atoms with Crippen molar-refractivity contribution in [3.05, 3.63) is 23.8 Å². The van der Waals surface area contributed by atoms with Crippen LogP contribution in [0, 0.1) is 17.8 Å². The predicted octanol–water partition coefficient (Wildman–Crippen LogP) is 1.44. The highest BCUT2D eigenvalue weighted by molar-refractivity contribution is 6.62. The van der Waals surface area contributed by atoms with E-state index in [0.29, 0.717) is 13.2 Å². The Morgan fingerprint density at radius 1 is 1.33 bits per heavy atom. The third-order valence-electron chi connectivity index (χ3n) is 2.90. The molecule has 1 aliphatic heterocycles. The number of methoxy groups -OCH3 is 1. The lowest BCUT2D eigenvalue weighted by Gasteiger charge is -2.33. The van der Waals surface area contributed by atoms with Crippen LogP contribution >= 0.6 is 0 Å². The molecule has 1 saturated heterocycles. The van der Waals surface area contributed by atoms with Gasteiger partial charge < -0.3 is 14.0 Å². The average molecular weight is 244 g/mol. The molecule has 0 bridgehead atoms. The fraction of sp³-hybridized carbons (Fsp3) is 0.429. The molecule has 1 fully saturated rings. The first-order valence-corrected chi connectivity index (χ1v) is 5.93. The van der Waals surface area contributed by atoms with Gasteiger partial charge in [0, 0.05) is 29.7 Å². The van der Waals surface area contributed by atoms with E-state index in [2.05, 4.69) is 19.8 Å². The van der Waals surface area contributed by atoms with Crippen LogP contribution in [0.4, 0.5) is 0 Å². The molecule has 0 spiro atoms. The van der Waals surface area contributed by atoms with E-state index in [-0.39, 0.29) is 5.41 Å². The molecule has 3 nitrogen and oxygen atoms in total. The number of hydrogen-bond acceptors (Lipinski definition) is 3. The van der Waals surface area contributed by atoms with Crippen LogP contribution in [0.3, 0.4) is 0 Å². The minimum atomic E-state index is -0.402. The molecule has 0 radical (unpaired) electrons. The van der Waals surface area contributed by atoms with Crippen molar-refractivity contribution >= 4 is 12.6 Å². The van der Waals surface area contributed by atoms with Crippen molar-refractivity contribution in [2.24, 2.45) is 5.41 Å². The number of benzene rings is 1. The Kier molecular flexibility index (Phi) is 3.65. The molecule has 1 aromatic carbocycles. The lowest BCUT2D eigenvalue weighted by Crippen LogP contribution is -2.47. The lowest BCUT2D eigenvalue weighted by molar-refractivity contribution is 0.0341. The third-order valence-corrected chi connectivity index (χ3v) is 2.90. The molecule has 0 unspecified atom stereocenters. The lowest BCUT2D eigenvalue weighted by atomic mass is 9.74. The molecule has 0 saturated carbocycles. The van der Waals surface area contributed by atoms with Gasteiger partial charge in [0.1, 0.15) is 5.75 Å². The number of ether oxygens (including phenoxy) is 1. The van der Waals surface area contributed by atoms with Crippen molar-refractivity contribution in [3.63, 3.8) is 0 Å². The Hall–Kier alpha value is -1.44. The molecule has 0 aliphatic carbocycles. The summed E-state index contributed by atoms with van der Waals surface area (Å²) in [6.45, 7) is 5.53. The van der Waals surface area contributed by atoms with Crippen LogP contribution in [0.2, 0.25) is 0 Å². The zero-order chi connectivity index (χ0) is 13.2. The second-order valence-corrected chi connectivity index (χ2v) is 5.22. The maximum atomic E-state index is 5.75. The first kappa shape index (κ1) is 13.0. The van der Waals surface area contributed by atoms with Gasteiger partial charge in [-0.2, -0.15) is 0 Å². The van der Waals surface area contributed by atoms with Crippen LogP contribution in [0.25, 0.3) is 0 Å². The van der Waals surface area contributed by atoms with E-state index in [1.807, 2.05) is 18.2 Å². The second-order valence-electron chi connectivity index (χ2n) is 5.22. The van der Waals surface area contributed by atoms with Gasteiger partial charge in [-0.05, 0) is 18.2 Å². The number of hydrogen-bond donors (Lipinski definition) is 0. The Bertz CT molecular complexity index is 466. The van der Waals surface area contributed by atoms with Gasteiger partial charge in [0.2, 0.25) is 0 Å². The molecule has 1 aromatic rings. The molecule has 0 N–H and O–H groups in total. The Labute approximate surface area is 109 Å². The molecule has 18 heavy (non-hydrogen) atoms. The van der Waals surface area contributed by atoms with Crippen LogP contribution in [-0.2, 0) is 9.31 Å². The van der Waals surface area contributed by atoms with Crippen LogP contribution in [0.5, 0.6) is 5.75 Å². The van der Waals surface area contributed by atoms with Crippen molar-refractivity contribution in [2.45, 2.75) is 13.8 Å². The maximum absolute atomic E-state index is 5.75. The van der Waals surface area contributed by atoms with Crippen molar-refractivity contribution in [3.8, 4) is 18.1 Å². The predicted molar refractivity (Wildman–Crippen MR) is 72.0 cm³/mol. The molecule has 1 aliphatic rings. The first-order chi connectivity index (χ1) is 8.55. The van der Waals surface area contributed by atoms with Gasteiger partial charge in [-0.1, -0.05) is 19.8 Å². The topological polar surface area (TPSA) is 27.7 Å². The normalized spacial score (nSPS) is 18.2. The number of terminal acetylenes is 1. The Morgan fingerprint density at radius 2 is 2.00 bits per heavy atom. The van der Waals surface area contributed by atoms with Gasteiger partial charge in [0.05, 0.1) is 7.11 Å². The summed E-state index contributed by atoms with van der Waals surface area (Å²) in [5, 5.41) is 0. The van der Waals surface area contributed by atoms with Crippen molar-refractivity contribution in [1.82, 2.24) is 0 Å². The quantitative estimate of drug-likeness (QED) is 0.582. The molecule has 4 heteroatoms. The van der Waals surface area contributed by atoms with Crippen LogP contribution < -0.4 is 10.2 Å². The van der Waals surface area contributed by atoms with Crippen molar-refractivity contribution in [1.29, 1.82) is 0 Å². The Morgan fingerprint density at radius 3 is 2.56 bits per heavy atom. The highest BCUT2D eigenvalue weighted by Gasteiger charge is 2.35. The van der Waals surface area contributed by atoms with E-state index in [0.717, 1.165) is 16.8 Å². The van der Waals surface area contributed by atoms with E-state index in [9.17, 15) is 0 Å². The minimum Gasteiger partial charge on any atom is -0.497 e. The van der Waals surface area contributed by atoms with E-state index in [1.54, 1.807) is 7.11 Å². The van der Waals surface area contributed by atoms with Crippen LogP contribution in [-0.4, -0.2) is 27.4 Å². The summed E-state index contributed by atoms with van der Waals surface area (Å²) in [4.78, 5) is 0. The summed E-state index contributed by atoms with van der Waals surface area (Å²) < 4.78 is 16.8. The molecule has 2 rings (SSSR count). The van der Waals surface area contributed by atoms with Crippen molar-refractivity contribution < 1.29 is 14.0 Å². The van der Waals surface area contributed by atoms with E-state index in [1.165, 1.54) is 0 Å². The standard InChI is InChI=1S/C14H17BO3/c1-5-11-6-7-13(16-4)12(8-11)15-17-9-14(2,3)10-18-15/h1,6-8H,9-10H2,2-4H3. The smallest absolute Gasteiger partial charge is 0.497 e. The third kappa shape index (κ3) is 2.69. The second kappa shape index (κ2) is 5.05. The maximum Gasteiger partial charge on any atom is 0.497 e. The average Bonchev–Trinajstić information content (AvgIpc) is 2.38. The highest BCUT2D eigenvalue weighted by Crippen LogP contribution is 2.23. The SMILES string of the molecule is C#Cc1ccc(OC)c(B2OCC(C)(C)CO2)c1. The van der Waals surface area contributed by atoms with Gasteiger partial charge in [-0.25, -0.2) is 0 Å². The molecule has 94 valence electrons. The summed E-state index contributed by atoms with van der Waals surface area (Å²) in [5.74, 6) is 3.34. The fourth-order valence-corrected chi connectivity index (χ4v) is 1.88. The monoisotopic (exact) mass is 244 g/mol. The first-order valence-electron chi connectivity index (χ1n) is 5.93.